The van der Waals surface area contributed by atoms with Crippen LogP contribution in [0.25, 0.3) is 0 Å². The average Bonchev–Trinajstić information content (AvgIpc) is 2.11. The summed E-state index contributed by atoms with van der Waals surface area (Å²) in [5.41, 5.74) is 8.92. The normalized spacial score (nSPS) is 10.5. The Bertz CT molecular complexity index is 333. The largest absolute Gasteiger partial charge is 0.170 e. The molecule has 0 aliphatic heterocycles. The summed E-state index contributed by atoms with van der Waals surface area (Å²) in [5, 5.41) is 0. The van der Waals surface area contributed by atoms with Gasteiger partial charge in [0.15, 0.2) is 6.71 Å². The van der Waals surface area contributed by atoms with Gasteiger partial charge in [0.05, 0.1) is 0 Å². The fraction of sp³-hybridized carbons (Fsp3) is 0.538. The van der Waals surface area contributed by atoms with Crippen LogP contribution in [0.1, 0.15) is 27.8 Å². The van der Waals surface area contributed by atoms with Crippen LogP contribution in [0.2, 0.25) is 13.6 Å². The van der Waals surface area contributed by atoms with Crippen molar-refractivity contribution in [2.24, 2.45) is 0 Å². The maximum atomic E-state index is 2.28. The first kappa shape index (κ1) is 11.4. The third-order valence-electron chi connectivity index (χ3n) is 3.64. The zero-order valence-corrected chi connectivity index (χ0v) is 10.6. The second-order valence-corrected chi connectivity index (χ2v) is 4.69. The van der Waals surface area contributed by atoms with Gasteiger partial charge in [-0.2, -0.15) is 0 Å². The lowest BCUT2D eigenvalue weighted by Gasteiger charge is -2.20. The van der Waals surface area contributed by atoms with Crippen molar-refractivity contribution in [1.29, 1.82) is 0 Å². The van der Waals surface area contributed by atoms with Crippen LogP contribution in [0, 0.1) is 34.6 Å². The Morgan fingerprint density at radius 2 is 0.857 bits per heavy atom. The van der Waals surface area contributed by atoms with Crippen LogP contribution >= 0.6 is 0 Å². The SMILES string of the molecule is CB(C)c1c(C)c(C)c(C)c(C)c1C. The summed E-state index contributed by atoms with van der Waals surface area (Å²) in [6.45, 7) is 16.4. The monoisotopic (exact) mass is 188 g/mol. The molecule has 0 spiro atoms. The van der Waals surface area contributed by atoms with E-state index >= 15 is 0 Å². The number of benzene rings is 1. The van der Waals surface area contributed by atoms with Gasteiger partial charge in [-0.25, -0.2) is 0 Å². The van der Waals surface area contributed by atoms with E-state index in [1.165, 1.54) is 27.8 Å². The first-order valence-electron chi connectivity index (χ1n) is 5.44. The van der Waals surface area contributed by atoms with Crippen LogP contribution < -0.4 is 5.46 Å². The predicted octanol–water partition coefficient (Wildman–Crippen LogP) is 3.19. The first-order valence-corrected chi connectivity index (χ1v) is 5.44. The highest BCUT2D eigenvalue weighted by atomic mass is 14.1. The summed E-state index contributed by atoms with van der Waals surface area (Å²) in [6.07, 6.45) is 0. The minimum absolute atomic E-state index is 0.632. The van der Waals surface area contributed by atoms with Crippen molar-refractivity contribution < 1.29 is 0 Å². The van der Waals surface area contributed by atoms with Crippen molar-refractivity contribution in [3.63, 3.8) is 0 Å². The van der Waals surface area contributed by atoms with Crippen LogP contribution in [0.5, 0.6) is 0 Å². The Morgan fingerprint density at radius 3 is 1.14 bits per heavy atom. The molecule has 0 heterocycles. The number of hydrogen-bond acceptors (Lipinski definition) is 0. The average molecular weight is 188 g/mol. The molecule has 1 rings (SSSR count). The maximum Gasteiger partial charge on any atom is 0.170 e. The summed E-state index contributed by atoms with van der Waals surface area (Å²) in [7, 11) is 0. The lowest BCUT2D eigenvalue weighted by atomic mass is 9.46. The van der Waals surface area contributed by atoms with Crippen LogP contribution in [0.3, 0.4) is 0 Å². The first-order chi connectivity index (χ1) is 6.37. The molecular weight excluding hydrogens is 167 g/mol. The molecule has 76 valence electrons. The third-order valence-corrected chi connectivity index (χ3v) is 3.64. The van der Waals surface area contributed by atoms with Gasteiger partial charge in [-0.05, 0) is 51.3 Å². The maximum absolute atomic E-state index is 2.28. The summed E-state index contributed by atoms with van der Waals surface area (Å²) in [4.78, 5) is 0. The van der Waals surface area contributed by atoms with Gasteiger partial charge in [0.1, 0.15) is 0 Å². The van der Waals surface area contributed by atoms with E-state index < -0.39 is 0 Å². The van der Waals surface area contributed by atoms with Crippen LogP contribution in [-0.4, -0.2) is 6.71 Å². The Kier molecular flexibility index (Phi) is 3.09. The molecule has 0 aromatic heterocycles. The second-order valence-electron chi connectivity index (χ2n) is 4.69. The minimum atomic E-state index is 0.632. The molecule has 0 amide bonds. The van der Waals surface area contributed by atoms with Gasteiger partial charge in [-0.15, -0.1) is 0 Å². The smallest absolute Gasteiger partial charge is 0.0819 e. The molecule has 1 aromatic carbocycles. The molecule has 1 heteroatoms. The highest BCUT2D eigenvalue weighted by Crippen LogP contribution is 2.19. The fourth-order valence-corrected chi connectivity index (χ4v) is 2.40. The van der Waals surface area contributed by atoms with Gasteiger partial charge >= 0.3 is 0 Å². The number of rotatable bonds is 1. The van der Waals surface area contributed by atoms with Gasteiger partial charge in [0.25, 0.3) is 0 Å². The molecule has 0 unspecified atom stereocenters. The molecule has 0 radical (unpaired) electrons. The summed E-state index contributed by atoms with van der Waals surface area (Å²) in [6, 6.07) is 0. The standard InChI is InChI=1S/C13H21B/c1-8-9(2)11(4)13(14(6)7)12(5)10(8)3/h1-7H3. The van der Waals surface area contributed by atoms with E-state index in [1.54, 1.807) is 5.46 Å². The molecule has 0 N–H and O–H groups in total. The molecule has 0 nitrogen and oxygen atoms in total. The van der Waals surface area contributed by atoms with Gasteiger partial charge in [-0.1, -0.05) is 30.2 Å². The highest BCUT2D eigenvalue weighted by Gasteiger charge is 2.15. The molecule has 0 bridgehead atoms. The Labute approximate surface area is 88.8 Å². The molecule has 1 aromatic rings. The molecule has 0 atom stereocenters. The van der Waals surface area contributed by atoms with Crippen molar-refractivity contribution in [2.75, 3.05) is 0 Å². The van der Waals surface area contributed by atoms with E-state index in [4.69, 9.17) is 0 Å². The lowest BCUT2D eigenvalue weighted by molar-refractivity contribution is 1.19. The predicted molar refractivity (Wildman–Crippen MR) is 67.2 cm³/mol. The summed E-state index contributed by atoms with van der Waals surface area (Å²) in [5.74, 6) is 0. The molecule has 0 saturated heterocycles. The Balaban J connectivity index is 3.60. The van der Waals surface area contributed by atoms with E-state index in [2.05, 4.69) is 48.3 Å². The van der Waals surface area contributed by atoms with Crippen LogP contribution in [0.4, 0.5) is 0 Å². The summed E-state index contributed by atoms with van der Waals surface area (Å²) >= 11 is 0. The van der Waals surface area contributed by atoms with E-state index in [0.29, 0.717) is 6.71 Å². The van der Waals surface area contributed by atoms with Crippen molar-refractivity contribution in [3.8, 4) is 0 Å². The zero-order valence-electron chi connectivity index (χ0n) is 10.6. The fourth-order valence-electron chi connectivity index (χ4n) is 2.40. The Hall–Kier alpha value is -0.715. The molecular formula is C13H21B. The second kappa shape index (κ2) is 3.80. The number of hydrogen-bond donors (Lipinski definition) is 0. The topological polar surface area (TPSA) is 0 Å². The Morgan fingerprint density at radius 1 is 0.571 bits per heavy atom. The van der Waals surface area contributed by atoms with E-state index in [1.807, 2.05) is 0 Å². The van der Waals surface area contributed by atoms with Crippen LogP contribution in [-0.2, 0) is 0 Å². The van der Waals surface area contributed by atoms with E-state index in [9.17, 15) is 0 Å². The van der Waals surface area contributed by atoms with Crippen molar-refractivity contribution in [3.05, 3.63) is 27.8 Å². The quantitative estimate of drug-likeness (QED) is 0.593. The lowest BCUT2D eigenvalue weighted by Crippen LogP contribution is -2.30. The van der Waals surface area contributed by atoms with Crippen molar-refractivity contribution in [2.45, 2.75) is 48.3 Å². The summed E-state index contributed by atoms with van der Waals surface area (Å²) < 4.78 is 0. The highest BCUT2D eigenvalue weighted by molar-refractivity contribution is 6.71. The third kappa shape index (κ3) is 1.60. The molecule has 0 aliphatic carbocycles. The molecule has 0 saturated carbocycles. The molecule has 0 fully saturated rings. The van der Waals surface area contributed by atoms with Crippen molar-refractivity contribution >= 4 is 12.2 Å². The van der Waals surface area contributed by atoms with Crippen molar-refractivity contribution in [1.82, 2.24) is 0 Å². The van der Waals surface area contributed by atoms with Gasteiger partial charge in [-0.3, -0.25) is 0 Å². The molecule has 0 aliphatic rings. The zero-order chi connectivity index (χ0) is 11.0. The van der Waals surface area contributed by atoms with Crippen LogP contribution in [0.15, 0.2) is 0 Å². The van der Waals surface area contributed by atoms with Gasteiger partial charge < -0.3 is 0 Å². The minimum Gasteiger partial charge on any atom is -0.0819 e. The van der Waals surface area contributed by atoms with E-state index in [-0.39, 0.29) is 0 Å². The van der Waals surface area contributed by atoms with E-state index in [0.717, 1.165) is 0 Å². The molecule has 14 heavy (non-hydrogen) atoms. The van der Waals surface area contributed by atoms with Gasteiger partial charge in [0.2, 0.25) is 0 Å². The van der Waals surface area contributed by atoms with Gasteiger partial charge in [0, 0.05) is 0 Å².